The molecule has 0 aliphatic carbocycles. The maximum Gasteiger partial charge on any atom is 0.191 e. The zero-order valence-corrected chi connectivity index (χ0v) is 26.3. The minimum atomic E-state index is 0.320. The quantitative estimate of drug-likeness (QED) is 0.242. The van der Waals surface area contributed by atoms with Gasteiger partial charge in [0.25, 0.3) is 0 Å². The third-order valence-corrected chi connectivity index (χ3v) is 5.80. The number of nitrogens with zero attached hydrogens (tertiary/aromatic N) is 1. The summed E-state index contributed by atoms with van der Waals surface area (Å²) in [4.78, 5) is 29.7. The number of rotatable bonds is 6. The number of ether oxygens (including phenoxy) is 1. The maximum atomic E-state index is 8.00. The highest BCUT2D eigenvalue weighted by atomic mass is 32.1. The molecule has 1 aromatic heterocycles. The molecule has 3 rings (SSSR count). The van der Waals surface area contributed by atoms with Gasteiger partial charge >= 0.3 is 0 Å². The van der Waals surface area contributed by atoms with Gasteiger partial charge in [0.1, 0.15) is 26.1 Å². The average Bonchev–Trinajstić information content (AvgIpc) is 3.41. The summed E-state index contributed by atoms with van der Waals surface area (Å²) < 4.78 is 5.62. The van der Waals surface area contributed by atoms with Gasteiger partial charge in [-0.05, 0) is 81.4 Å². The van der Waals surface area contributed by atoms with Gasteiger partial charge in [-0.3, -0.25) is 0 Å². The first kappa shape index (κ1) is 40.8. The van der Waals surface area contributed by atoms with Crippen LogP contribution in [0.1, 0.15) is 62.6 Å². The third-order valence-electron chi connectivity index (χ3n) is 4.89. The number of carbonyl (C=O) groups is 3. The lowest BCUT2D eigenvalue weighted by molar-refractivity contribution is -0.0987. The molecule has 1 atom stereocenters. The van der Waals surface area contributed by atoms with Crippen LogP contribution in [0.4, 0.5) is 0 Å². The lowest BCUT2D eigenvalue weighted by atomic mass is 10.1. The first-order valence-electron chi connectivity index (χ1n) is 12.9. The van der Waals surface area contributed by atoms with E-state index < -0.39 is 0 Å². The molecule has 1 heterocycles. The fraction of sp³-hybridized carbons (Fsp3) is 0.333. The second-order valence-electron chi connectivity index (χ2n) is 8.38. The van der Waals surface area contributed by atoms with Crippen molar-refractivity contribution in [2.75, 3.05) is 7.05 Å². The third kappa shape index (κ3) is 21.3. The summed E-state index contributed by atoms with van der Waals surface area (Å²) >= 11 is 1.82. The summed E-state index contributed by atoms with van der Waals surface area (Å²) in [6, 6.07) is 21.1. The number of carbonyl (C=O) groups excluding carboxylic acids is 3. The Labute approximate surface area is 246 Å². The van der Waals surface area contributed by atoms with Gasteiger partial charge in [-0.2, -0.15) is 0 Å². The van der Waals surface area contributed by atoms with Gasteiger partial charge in [-0.25, -0.2) is 4.99 Å². The largest absolute Gasteiger partial charge is 0.443 e. The van der Waals surface area contributed by atoms with Crippen molar-refractivity contribution in [1.29, 1.82) is 0 Å². The molecule has 0 aliphatic rings. The van der Waals surface area contributed by atoms with Crippen molar-refractivity contribution in [2.45, 2.75) is 67.3 Å². The summed E-state index contributed by atoms with van der Waals surface area (Å²) in [5, 5.41) is 5.40. The fourth-order valence-electron chi connectivity index (χ4n) is 2.76. The predicted octanol–water partition coefficient (Wildman–Crippen LogP) is 7.81. The van der Waals surface area contributed by atoms with E-state index in [4.69, 9.17) is 19.1 Å². The van der Waals surface area contributed by atoms with Crippen molar-refractivity contribution >= 4 is 37.6 Å². The topological polar surface area (TPSA) is 84.8 Å². The lowest BCUT2D eigenvalue weighted by Gasteiger charge is -2.09. The number of thiophene rings is 1. The molecular formula is C33H48N2O4S. The van der Waals surface area contributed by atoms with Gasteiger partial charge in [0.2, 0.25) is 0 Å². The molecule has 0 radical (unpaired) electrons. The molecule has 40 heavy (non-hydrogen) atoms. The predicted molar refractivity (Wildman–Crippen MR) is 173 cm³/mol. The normalized spacial score (nSPS) is 10.6. The van der Waals surface area contributed by atoms with Crippen molar-refractivity contribution < 1.29 is 19.1 Å². The van der Waals surface area contributed by atoms with Crippen LogP contribution in [0.25, 0.3) is 0 Å². The standard InChI is InChI=1S/C15H22N2O.C12H12S.C3H8.3CH2O/c1-11-6-8-15(9-7-11)18-14(4)17-10-12(2)13(3)16-5;1-10-7-12(9-13-10)8-11-5-3-2-4-6-11;1-3-2;3*1-2/h6-10,13,16H,1-5H3;2-7,9H,8H2,1H3;3H2,1-2H3;3*1H2/b12-10+,17-14?;;;;;. The Morgan fingerprint density at radius 2 is 1.45 bits per heavy atom. The minimum Gasteiger partial charge on any atom is -0.443 e. The average molecular weight is 569 g/mol. The number of benzene rings is 2. The van der Waals surface area contributed by atoms with Gasteiger partial charge in [-0.15, -0.1) is 11.3 Å². The number of aliphatic imine (C=N–C) groups is 1. The second-order valence-corrected chi connectivity index (χ2v) is 9.50. The number of aryl methyl sites for hydroxylation is 2. The van der Waals surface area contributed by atoms with Crippen molar-refractivity contribution in [3.8, 4) is 5.75 Å². The van der Waals surface area contributed by atoms with E-state index in [9.17, 15) is 0 Å². The van der Waals surface area contributed by atoms with Crippen LogP contribution in [0.2, 0.25) is 0 Å². The van der Waals surface area contributed by atoms with E-state index in [1.54, 1.807) is 0 Å². The number of nitrogens with one attached hydrogen (secondary N) is 1. The Hall–Kier alpha value is -3.68. The Morgan fingerprint density at radius 3 is 1.90 bits per heavy atom. The molecule has 220 valence electrons. The van der Waals surface area contributed by atoms with Gasteiger partial charge in [-0.1, -0.05) is 68.3 Å². The molecule has 7 heteroatoms. The van der Waals surface area contributed by atoms with Crippen LogP contribution in [-0.4, -0.2) is 39.4 Å². The minimum absolute atomic E-state index is 0.320. The zero-order valence-electron chi connectivity index (χ0n) is 25.5. The summed E-state index contributed by atoms with van der Waals surface area (Å²) in [6.07, 6.45) is 4.15. The highest BCUT2D eigenvalue weighted by molar-refractivity contribution is 7.10. The van der Waals surface area contributed by atoms with Crippen molar-refractivity contribution in [1.82, 2.24) is 5.32 Å². The van der Waals surface area contributed by atoms with E-state index in [1.807, 2.05) is 83.1 Å². The smallest absolute Gasteiger partial charge is 0.191 e. The fourth-order valence-corrected chi connectivity index (χ4v) is 3.47. The van der Waals surface area contributed by atoms with Crippen LogP contribution in [0.3, 0.4) is 0 Å². The molecule has 0 bridgehead atoms. The van der Waals surface area contributed by atoms with Crippen molar-refractivity contribution in [2.24, 2.45) is 4.99 Å². The van der Waals surface area contributed by atoms with E-state index in [0.29, 0.717) is 11.9 Å². The summed E-state index contributed by atoms with van der Waals surface area (Å²) in [5.74, 6) is 1.45. The van der Waals surface area contributed by atoms with E-state index in [1.165, 1.54) is 33.6 Å². The second kappa shape index (κ2) is 28.3. The van der Waals surface area contributed by atoms with E-state index >= 15 is 0 Å². The molecule has 6 nitrogen and oxygen atoms in total. The molecule has 0 spiro atoms. The maximum absolute atomic E-state index is 8.00. The molecule has 0 saturated carbocycles. The number of likely N-dealkylation sites (N-methyl/N-ethyl adjacent to an activating group) is 1. The van der Waals surface area contributed by atoms with E-state index in [-0.39, 0.29) is 0 Å². The highest BCUT2D eigenvalue weighted by Gasteiger charge is 2.00. The summed E-state index contributed by atoms with van der Waals surface area (Å²) in [5.41, 5.74) is 5.20. The number of hydrogen-bond donors (Lipinski definition) is 1. The molecular weight excluding hydrogens is 520 g/mol. The SMILES string of the molecule is C=O.C=O.C=O.CCC.CNC(C)/C(C)=C/N=C(C)Oc1ccc(C)cc1.Cc1cc(Cc2ccccc2)cs1. The van der Waals surface area contributed by atoms with E-state index in [0.717, 1.165) is 12.2 Å². The molecule has 3 aromatic rings. The van der Waals surface area contributed by atoms with Crippen LogP contribution < -0.4 is 10.1 Å². The van der Waals surface area contributed by atoms with Crippen molar-refractivity contribution in [3.63, 3.8) is 0 Å². The molecule has 1 N–H and O–H groups in total. The Balaban J connectivity index is -0.000000544. The molecule has 2 aromatic carbocycles. The monoisotopic (exact) mass is 568 g/mol. The summed E-state index contributed by atoms with van der Waals surface area (Å²) in [7, 11) is 1.93. The van der Waals surface area contributed by atoms with Gasteiger partial charge < -0.3 is 24.4 Å². The van der Waals surface area contributed by atoms with Crippen LogP contribution in [0.15, 0.2) is 82.8 Å². The van der Waals surface area contributed by atoms with Crippen LogP contribution >= 0.6 is 11.3 Å². The Kier molecular flexibility index (Phi) is 28.9. The highest BCUT2D eigenvalue weighted by Crippen LogP contribution is 2.16. The van der Waals surface area contributed by atoms with Gasteiger partial charge in [0.05, 0.1) is 0 Å². The molecule has 0 amide bonds. The van der Waals surface area contributed by atoms with Crippen LogP contribution in [-0.2, 0) is 20.8 Å². The van der Waals surface area contributed by atoms with Crippen LogP contribution in [0, 0.1) is 13.8 Å². The first-order valence-corrected chi connectivity index (χ1v) is 13.7. The molecule has 0 fully saturated rings. The van der Waals surface area contributed by atoms with Crippen LogP contribution in [0.5, 0.6) is 5.75 Å². The molecule has 0 saturated heterocycles. The summed E-state index contributed by atoms with van der Waals surface area (Å²) in [6.45, 7) is 20.4. The Morgan fingerprint density at radius 1 is 0.925 bits per heavy atom. The van der Waals surface area contributed by atoms with Gasteiger partial charge in [0.15, 0.2) is 5.90 Å². The first-order chi connectivity index (χ1) is 19.3. The zero-order chi connectivity index (χ0) is 31.3. The van der Waals surface area contributed by atoms with E-state index in [2.05, 4.69) is 86.7 Å². The van der Waals surface area contributed by atoms with Crippen molar-refractivity contribution in [3.05, 3.63) is 99.4 Å². The molecule has 1 unspecified atom stereocenters. The number of hydrogen-bond acceptors (Lipinski definition) is 7. The Bertz CT molecular complexity index is 1040. The molecule has 0 aliphatic heterocycles. The lowest BCUT2D eigenvalue weighted by Crippen LogP contribution is -2.22. The van der Waals surface area contributed by atoms with Gasteiger partial charge in [0, 0.05) is 24.0 Å².